The molecular weight excluding hydrogens is 538 g/mol. The molecule has 2 aliphatic rings. The Morgan fingerprint density at radius 1 is 1.22 bits per heavy atom. The fraction of sp³-hybridized carbons (Fsp3) is 0.333. The van der Waals surface area contributed by atoms with Gasteiger partial charge in [-0.15, -0.1) is 0 Å². The molecule has 0 saturated carbocycles. The van der Waals surface area contributed by atoms with Crippen LogP contribution in [0.4, 0.5) is 11.6 Å². The van der Waals surface area contributed by atoms with Gasteiger partial charge in [0.15, 0.2) is 0 Å². The van der Waals surface area contributed by atoms with Crippen molar-refractivity contribution in [3.8, 4) is 11.6 Å². The van der Waals surface area contributed by atoms with Crippen LogP contribution in [-0.2, 0) is 17.8 Å². The summed E-state index contributed by atoms with van der Waals surface area (Å²) in [5.41, 5.74) is 3.30. The number of fused-ring (bicyclic) bond motifs is 1. The normalized spacial score (nSPS) is 17.0. The SMILES string of the molecule is COc1ccc(COc2nc(N3CCc4cc(Br)ccc43)ncc2C(=O)NC2CCCCNC2=O)cc1. The zero-order chi connectivity index (χ0) is 25.8. The van der Waals surface area contributed by atoms with Crippen LogP contribution in [0.15, 0.2) is 53.1 Å². The number of anilines is 2. The predicted molar refractivity (Wildman–Crippen MR) is 142 cm³/mol. The second-order valence-corrected chi connectivity index (χ2v) is 9.93. The van der Waals surface area contributed by atoms with Crippen LogP contribution < -0.4 is 25.0 Å². The summed E-state index contributed by atoms with van der Waals surface area (Å²) < 4.78 is 12.3. The maximum Gasteiger partial charge on any atom is 0.259 e. The van der Waals surface area contributed by atoms with E-state index < -0.39 is 11.9 Å². The molecule has 3 heterocycles. The van der Waals surface area contributed by atoms with Crippen LogP contribution in [0.2, 0.25) is 0 Å². The Kier molecular flexibility index (Phi) is 7.55. The predicted octanol–water partition coefficient (Wildman–Crippen LogP) is 3.92. The number of carbonyl (C=O) groups is 2. The third-order valence-electron chi connectivity index (χ3n) is 6.54. The lowest BCUT2D eigenvalue weighted by molar-refractivity contribution is -0.122. The van der Waals surface area contributed by atoms with E-state index in [-0.39, 0.29) is 24.0 Å². The molecule has 2 aliphatic heterocycles. The van der Waals surface area contributed by atoms with Gasteiger partial charge >= 0.3 is 0 Å². The van der Waals surface area contributed by atoms with E-state index in [2.05, 4.69) is 42.6 Å². The maximum absolute atomic E-state index is 13.3. The van der Waals surface area contributed by atoms with E-state index in [9.17, 15) is 9.59 Å². The van der Waals surface area contributed by atoms with Gasteiger partial charge in [0.05, 0.1) is 7.11 Å². The van der Waals surface area contributed by atoms with E-state index in [0.717, 1.165) is 47.3 Å². The number of nitrogens with one attached hydrogen (secondary N) is 2. The van der Waals surface area contributed by atoms with Gasteiger partial charge in [0.1, 0.15) is 24.0 Å². The van der Waals surface area contributed by atoms with Gasteiger partial charge in [0, 0.05) is 29.4 Å². The number of hydrogen-bond acceptors (Lipinski definition) is 7. The number of methoxy groups -OCH3 is 1. The van der Waals surface area contributed by atoms with Crippen molar-refractivity contribution in [2.75, 3.05) is 25.1 Å². The first-order valence-corrected chi connectivity index (χ1v) is 13.1. The second-order valence-electron chi connectivity index (χ2n) is 9.01. The van der Waals surface area contributed by atoms with E-state index >= 15 is 0 Å². The van der Waals surface area contributed by atoms with Crippen molar-refractivity contribution < 1.29 is 19.1 Å². The van der Waals surface area contributed by atoms with E-state index in [0.29, 0.717) is 18.9 Å². The molecular formula is C27H28BrN5O4. The van der Waals surface area contributed by atoms with Crippen LogP contribution in [-0.4, -0.2) is 48.0 Å². The molecule has 2 aromatic carbocycles. The Labute approximate surface area is 223 Å². The summed E-state index contributed by atoms with van der Waals surface area (Å²) in [5.74, 6) is 0.745. The quantitative estimate of drug-likeness (QED) is 0.447. The summed E-state index contributed by atoms with van der Waals surface area (Å²) in [5, 5.41) is 5.69. The van der Waals surface area contributed by atoms with E-state index in [1.165, 1.54) is 11.8 Å². The molecule has 0 bridgehead atoms. The topological polar surface area (TPSA) is 106 Å². The number of aromatic nitrogens is 2. The summed E-state index contributed by atoms with van der Waals surface area (Å²) >= 11 is 3.53. The molecule has 1 saturated heterocycles. The lowest BCUT2D eigenvalue weighted by atomic mass is 10.1. The van der Waals surface area contributed by atoms with Crippen molar-refractivity contribution in [3.05, 3.63) is 69.8 Å². The highest BCUT2D eigenvalue weighted by Crippen LogP contribution is 2.35. The van der Waals surface area contributed by atoms with Crippen molar-refractivity contribution in [2.24, 2.45) is 0 Å². The van der Waals surface area contributed by atoms with Crippen molar-refractivity contribution in [1.82, 2.24) is 20.6 Å². The largest absolute Gasteiger partial charge is 0.497 e. The van der Waals surface area contributed by atoms with Crippen LogP contribution in [0.1, 0.15) is 40.7 Å². The van der Waals surface area contributed by atoms with E-state index in [4.69, 9.17) is 9.47 Å². The Bertz CT molecular complexity index is 1300. The highest BCUT2D eigenvalue weighted by Gasteiger charge is 2.28. The Hall–Kier alpha value is -3.66. The highest BCUT2D eigenvalue weighted by molar-refractivity contribution is 9.10. The number of carbonyl (C=O) groups excluding carboxylic acids is 2. The molecule has 192 valence electrons. The van der Waals surface area contributed by atoms with Crippen molar-refractivity contribution in [2.45, 2.75) is 38.3 Å². The van der Waals surface area contributed by atoms with Gasteiger partial charge in [0.25, 0.3) is 5.91 Å². The van der Waals surface area contributed by atoms with Gasteiger partial charge in [-0.3, -0.25) is 9.59 Å². The van der Waals surface area contributed by atoms with Crippen molar-refractivity contribution >= 4 is 39.4 Å². The van der Waals surface area contributed by atoms with Crippen molar-refractivity contribution in [3.63, 3.8) is 0 Å². The number of rotatable bonds is 7. The molecule has 0 aliphatic carbocycles. The number of benzene rings is 2. The molecule has 1 fully saturated rings. The molecule has 2 N–H and O–H groups in total. The smallest absolute Gasteiger partial charge is 0.259 e. The first-order chi connectivity index (χ1) is 18.0. The van der Waals surface area contributed by atoms with Gasteiger partial charge < -0.3 is 25.0 Å². The Morgan fingerprint density at radius 3 is 2.86 bits per heavy atom. The fourth-order valence-corrected chi connectivity index (χ4v) is 4.93. The van der Waals surface area contributed by atoms with Crippen LogP contribution in [0.3, 0.4) is 0 Å². The number of halogens is 1. The molecule has 1 atom stereocenters. The van der Waals surface area contributed by atoms with Gasteiger partial charge in [-0.2, -0.15) is 4.98 Å². The third kappa shape index (κ3) is 5.69. The highest BCUT2D eigenvalue weighted by atomic mass is 79.9. The second kappa shape index (κ2) is 11.2. The van der Waals surface area contributed by atoms with Gasteiger partial charge in [-0.1, -0.05) is 28.1 Å². The molecule has 0 spiro atoms. The lowest BCUT2D eigenvalue weighted by Crippen LogP contribution is -2.45. The molecule has 1 aromatic heterocycles. The van der Waals surface area contributed by atoms with Crippen LogP contribution in [0.25, 0.3) is 0 Å². The minimum atomic E-state index is -0.604. The Balaban J connectivity index is 1.42. The lowest BCUT2D eigenvalue weighted by Gasteiger charge is -2.20. The average Bonchev–Trinajstić information content (AvgIpc) is 3.23. The molecule has 2 amide bonds. The van der Waals surface area contributed by atoms with Gasteiger partial charge in [-0.25, -0.2) is 4.98 Å². The number of nitrogens with zero attached hydrogens (tertiary/aromatic N) is 3. The fourth-order valence-electron chi connectivity index (χ4n) is 4.52. The number of amides is 2. The van der Waals surface area contributed by atoms with E-state index in [1.54, 1.807) is 7.11 Å². The molecule has 0 radical (unpaired) electrons. The molecule has 5 rings (SSSR count). The summed E-state index contributed by atoms with van der Waals surface area (Å²) in [6.45, 7) is 1.54. The first-order valence-electron chi connectivity index (χ1n) is 12.3. The summed E-state index contributed by atoms with van der Waals surface area (Å²) in [6.07, 6.45) is 4.66. The molecule has 10 heteroatoms. The third-order valence-corrected chi connectivity index (χ3v) is 7.03. The zero-order valence-corrected chi connectivity index (χ0v) is 22.1. The first kappa shape index (κ1) is 25.0. The summed E-state index contributed by atoms with van der Waals surface area (Å²) in [7, 11) is 1.61. The maximum atomic E-state index is 13.3. The molecule has 1 unspecified atom stereocenters. The molecule has 3 aromatic rings. The number of hydrogen-bond donors (Lipinski definition) is 2. The zero-order valence-electron chi connectivity index (χ0n) is 20.5. The van der Waals surface area contributed by atoms with Crippen LogP contribution in [0, 0.1) is 0 Å². The van der Waals surface area contributed by atoms with Crippen LogP contribution >= 0.6 is 15.9 Å². The summed E-state index contributed by atoms with van der Waals surface area (Å²) in [6, 6.07) is 13.0. The number of ether oxygens (including phenoxy) is 2. The average molecular weight is 566 g/mol. The van der Waals surface area contributed by atoms with Gasteiger partial charge in [-0.05, 0) is 67.1 Å². The Morgan fingerprint density at radius 2 is 2.05 bits per heavy atom. The minimum Gasteiger partial charge on any atom is -0.497 e. The van der Waals surface area contributed by atoms with Crippen LogP contribution in [0.5, 0.6) is 11.6 Å². The minimum absolute atomic E-state index is 0.165. The molecule has 37 heavy (non-hydrogen) atoms. The summed E-state index contributed by atoms with van der Waals surface area (Å²) in [4.78, 5) is 36.9. The van der Waals surface area contributed by atoms with Crippen molar-refractivity contribution in [1.29, 1.82) is 0 Å². The standard InChI is InChI=1S/C27H28BrN5O4/c1-36-20-8-5-17(6-9-20)16-37-26-21(24(34)31-22-4-2-3-12-29-25(22)35)15-30-27(32-26)33-13-11-18-14-19(28)7-10-23(18)33/h5-10,14-15,22H,2-4,11-13,16H2,1H3,(H,29,35)(H,31,34). The van der Waals surface area contributed by atoms with Gasteiger partial charge in [0.2, 0.25) is 17.7 Å². The molecule has 9 nitrogen and oxygen atoms in total. The van der Waals surface area contributed by atoms with E-state index in [1.807, 2.05) is 41.3 Å². The monoisotopic (exact) mass is 565 g/mol.